The molecule has 1 atom stereocenters. The van der Waals surface area contributed by atoms with E-state index in [1.54, 1.807) is 0 Å². The first kappa shape index (κ1) is 17.3. The van der Waals surface area contributed by atoms with Crippen LogP contribution in [0.15, 0.2) is 48.5 Å². The molecule has 0 aromatic heterocycles. The molecule has 122 valence electrons. The molecule has 0 fully saturated rings. The zero-order valence-corrected chi connectivity index (χ0v) is 14.7. The first-order chi connectivity index (χ1) is 11.1. The van der Waals surface area contributed by atoms with Crippen molar-refractivity contribution in [2.45, 2.75) is 33.2 Å². The number of nitrogens with one attached hydrogen (secondary N) is 2. The Morgan fingerprint density at radius 2 is 1.83 bits per heavy atom. The first-order valence-electron chi connectivity index (χ1n) is 7.93. The lowest BCUT2D eigenvalue weighted by Gasteiger charge is -2.18. The second kappa shape index (κ2) is 8.53. The fourth-order valence-corrected chi connectivity index (χ4v) is 2.51. The highest BCUT2D eigenvalue weighted by Crippen LogP contribution is 2.16. The van der Waals surface area contributed by atoms with Gasteiger partial charge in [0.05, 0.1) is 6.04 Å². The Balaban J connectivity index is 1.79. The van der Waals surface area contributed by atoms with Gasteiger partial charge in [0.1, 0.15) is 12.4 Å². The van der Waals surface area contributed by atoms with Crippen LogP contribution in [0.4, 0.5) is 5.69 Å². The lowest BCUT2D eigenvalue weighted by molar-refractivity contribution is 0.285. The predicted molar refractivity (Wildman–Crippen MR) is 101 cm³/mol. The summed E-state index contributed by atoms with van der Waals surface area (Å²) in [5, 5.41) is 7.05. The van der Waals surface area contributed by atoms with Gasteiger partial charge in [0, 0.05) is 5.69 Å². The third-order valence-corrected chi connectivity index (χ3v) is 3.80. The molecule has 23 heavy (non-hydrogen) atoms. The van der Waals surface area contributed by atoms with Crippen LogP contribution in [0.2, 0.25) is 0 Å². The van der Waals surface area contributed by atoms with Crippen molar-refractivity contribution in [2.24, 2.45) is 0 Å². The maximum atomic E-state index is 5.83. The second-order valence-corrected chi connectivity index (χ2v) is 6.03. The topological polar surface area (TPSA) is 33.3 Å². The van der Waals surface area contributed by atoms with Gasteiger partial charge in [-0.2, -0.15) is 0 Å². The van der Waals surface area contributed by atoms with Crippen molar-refractivity contribution in [3.63, 3.8) is 0 Å². The number of benzene rings is 2. The second-order valence-electron chi connectivity index (χ2n) is 5.63. The normalized spacial score (nSPS) is 11.6. The van der Waals surface area contributed by atoms with Crippen LogP contribution < -0.4 is 15.4 Å². The van der Waals surface area contributed by atoms with Crippen molar-refractivity contribution in [2.75, 3.05) is 11.9 Å². The number of ether oxygens (including phenoxy) is 1. The summed E-state index contributed by atoms with van der Waals surface area (Å²) in [6.07, 6.45) is 1.04. The molecule has 2 aromatic rings. The lowest BCUT2D eigenvalue weighted by Crippen LogP contribution is -2.39. The molecule has 0 saturated heterocycles. The maximum Gasteiger partial charge on any atom is 0.171 e. The fraction of sp³-hybridized carbons (Fsp3) is 0.316. The van der Waals surface area contributed by atoms with Crippen molar-refractivity contribution in [1.29, 1.82) is 0 Å². The van der Waals surface area contributed by atoms with Crippen LogP contribution >= 0.6 is 12.2 Å². The molecule has 0 saturated carbocycles. The van der Waals surface area contributed by atoms with E-state index in [-0.39, 0.29) is 6.04 Å². The third-order valence-electron chi connectivity index (χ3n) is 3.58. The van der Waals surface area contributed by atoms with Gasteiger partial charge < -0.3 is 15.4 Å². The van der Waals surface area contributed by atoms with Crippen molar-refractivity contribution in [3.8, 4) is 5.75 Å². The summed E-state index contributed by atoms with van der Waals surface area (Å²) < 4.78 is 5.83. The first-order valence-corrected chi connectivity index (χ1v) is 8.34. The highest BCUT2D eigenvalue weighted by molar-refractivity contribution is 7.80. The molecular weight excluding hydrogens is 304 g/mol. The number of hydrogen-bond acceptors (Lipinski definition) is 2. The molecule has 3 nitrogen and oxygen atoms in total. The molecule has 2 aromatic carbocycles. The Kier molecular flexibility index (Phi) is 6.41. The van der Waals surface area contributed by atoms with Gasteiger partial charge in [-0.25, -0.2) is 0 Å². The van der Waals surface area contributed by atoms with Crippen LogP contribution in [-0.4, -0.2) is 17.8 Å². The van der Waals surface area contributed by atoms with E-state index in [0.29, 0.717) is 11.7 Å². The highest BCUT2D eigenvalue weighted by atomic mass is 32.1. The van der Waals surface area contributed by atoms with Crippen molar-refractivity contribution in [3.05, 3.63) is 59.7 Å². The van der Waals surface area contributed by atoms with Crippen LogP contribution in [0.1, 0.15) is 25.0 Å². The monoisotopic (exact) mass is 328 g/mol. The molecule has 0 aliphatic heterocycles. The van der Waals surface area contributed by atoms with Crippen LogP contribution in [0.5, 0.6) is 5.75 Å². The summed E-state index contributed by atoms with van der Waals surface area (Å²) in [6, 6.07) is 16.4. The quantitative estimate of drug-likeness (QED) is 0.774. The van der Waals surface area contributed by atoms with Gasteiger partial charge in [0.2, 0.25) is 0 Å². The SMILES string of the molecule is CCc1ccc(NC(=S)N[C@@H](C)COc2ccccc2C)cc1. The highest BCUT2D eigenvalue weighted by Gasteiger charge is 2.06. The van der Waals surface area contributed by atoms with E-state index in [2.05, 4.69) is 29.7 Å². The number of anilines is 1. The zero-order chi connectivity index (χ0) is 16.7. The maximum absolute atomic E-state index is 5.83. The van der Waals surface area contributed by atoms with E-state index in [4.69, 9.17) is 17.0 Å². The van der Waals surface area contributed by atoms with Crippen LogP contribution in [0.3, 0.4) is 0 Å². The predicted octanol–water partition coefficient (Wildman–Crippen LogP) is 4.31. The molecule has 0 amide bonds. The minimum absolute atomic E-state index is 0.115. The van der Waals surface area contributed by atoms with E-state index in [1.165, 1.54) is 5.56 Å². The Bertz CT molecular complexity index is 640. The van der Waals surface area contributed by atoms with Gasteiger partial charge in [0.25, 0.3) is 0 Å². The van der Waals surface area contributed by atoms with Crippen molar-refractivity contribution >= 4 is 23.0 Å². The average molecular weight is 328 g/mol. The molecule has 2 N–H and O–H groups in total. The van der Waals surface area contributed by atoms with Gasteiger partial charge >= 0.3 is 0 Å². The summed E-state index contributed by atoms with van der Waals surface area (Å²) in [5.41, 5.74) is 3.44. The average Bonchev–Trinajstić information content (AvgIpc) is 2.54. The van der Waals surface area contributed by atoms with E-state index in [9.17, 15) is 0 Å². The standard InChI is InChI=1S/C19H24N2OS/c1-4-16-9-11-17(12-10-16)21-19(23)20-15(3)13-22-18-8-6-5-7-14(18)2/h5-12,15H,4,13H2,1-3H3,(H2,20,21,23)/t15-/m0/s1. The summed E-state index contributed by atoms with van der Waals surface area (Å²) in [6.45, 7) is 6.79. The molecule has 0 aliphatic carbocycles. The minimum Gasteiger partial charge on any atom is -0.491 e. The van der Waals surface area contributed by atoms with E-state index in [1.807, 2.05) is 50.2 Å². The van der Waals surface area contributed by atoms with Crippen molar-refractivity contribution < 1.29 is 4.74 Å². The van der Waals surface area contributed by atoms with Gasteiger partial charge in [-0.05, 0) is 61.8 Å². The van der Waals surface area contributed by atoms with Crippen LogP contribution in [-0.2, 0) is 6.42 Å². The van der Waals surface area contributed by atoms with Crippen LogP contribution in [0, 0.1) is 6.92 Å². The van der Waals surface area contributed by atoms with Gasteiger partial charge in [-0.1, -0.05) is 37.3 Å². The van der Waals surface area contributed by atoms with E-state index in [0.717, 1.165) is 23.4 Å². The molecule has 0 spiro atoms. The smallest absolute Gasteiger partial charge is 0.171 e. The number of hydrogen-bond donors (Lipinski definition) is 2. The van der Waals surface area contributed by atoms with E-state index >= 15 is 0 Å². The van der Waals surface area contributed by atoms with Crippen molar-refractivity contribution in [1.82, 2.24) is 5.32 Å². The minimum atomic E-state index is 0.115. The molecule has 0 aliphatic rings. The molecular formula is C19H24N2OS. The molecule has 0 bridgehead atoms. The third kappa shape index (κ3) is 5.57. The Morgan fingerprint density at radius 3 is 2.48 bits per heavy atom. The molecule has 0 heterocycles. The van der Waals surface area contributed by atoms with Gasteiger partial charge in [-0.15, -0.1) is 0 Å². The number of aryl methyl sites for hydroxylation is 2. The number of para-hydroxylation sites is 1. The number of thiocarbonyl (C=S) groups is 1. The van der Waals surface area contributed by atoms with Crippen LogP contribution in [0.25, 0.3) is 0 Å². The van der Waals surface area contributed by atoms with Gasteiger partial charge in [0.15, 0.2) is 5.11 Å². The molecule has 4 heteroatoms. The summed E-state index contributed by atoms with van der Waals surface area (Å²) in [7, 11) is 0. The molecule has 0 unspecified atom stereocenters. The summed E-state index contributed by atoms with van der Waals surface area (Å²) in [4.78, 5) is 0. The fourth-order valence-electron chi connectivity index (χ4n) is 2.19. The molecule has 2 rings (SSSR count). The molecule has 0 radical (unpaired) electrons. The largest absolute Gasteiger partial charge is 0.491 e. The Labute approximate surface area is 144 Å². The Hall–Kier alpha value is -2.07. The van der Waals surface area contributed by atoms with E-state index < -0.39 is 0 Å². The lowest BCUT2D eigenvalue weighted by atomic mass is 10.1. The number of rotatable bonds is 6. The summed E-state index contributed by atoms with van der Waals surface area (Å²) in [5.74, 6) is 0.912. The zero-order valence-electron chi connectivity index (χ0n) is 13.9. The summed E-state index contributed by atoms with van der Waals surface area (Å²) >= 11 is 5.35. The van der Waals surface area contributed by atoms with Gasteiger partial charge in [-0.3, -0.25) is 0 Å². The Morgan fingerprint density at radius 1 is 1.13 bits per heavy atom.